The maximum Gasteiger partial charge on any atom is 0.335 e. The molecular weight excluding hydrogens is 311 g/mol. The van der Waals surface area contributed by atoms with Crippen molar-refractivity contribution in [2.45, 2.75) is 20.8 Å². The van der Waals surface area contributed by atoms with Crippen LogP contribution in [0.15, 0.2) is 34.9 Å². The van der Waals surface area contributed by atoms with Crippen LogP contribution in [0.4, 0.5) is 4.39 Å². The Kier molecular flexibility index (Phi) is 3.89. The summed E-state index contributed by atoms with van der Waals surface area (Å²) in [6.45, 7) is 5.43. The van der Waals surface area contributed by atoms with E-state index >= 15 is 0 Å². The van der Waals surface area contributed by atoms with Crippen LogP contribution in [0.5, 0.6) is 0 Å². The highest BCUT2D eigenvalue weighted by Crippen LogP contribution is 2.29. The first-order chi connectivity index (χ1) is 11.4. The second-order valence-electron chi connectivity index (χ2n) is 5.68. The monoisotopic (exact) mass is 326 g/mol. The number of aryl methyl sites for hydroxylation is 2. The predicted octanol–water partition coefficient (Wildman–Crippen LogP) is 4.17. The fourth-order valence-corrected chi connectivity index (χ4v) is 2.52. The molecular formula is C18H15FN2O3. The van der Waals surface area contributed by atoms with Crippen molar-refractivity contribution in [2.75, 3.05) is 0 Å². The van der Waals surface area contributed by atoms with Crippen molar-refractivity contribution < 1.29 is 18.8 Å². The summed E-state index contributed by atoms with van der Waals surface area (Å²) in [7, 11) is 0. The van der Waals surface area contributed by atoms with Gasteiger partial charge >= 0.3 is 5.97 Å². The molecule has 0 unspecified atom stereocenters. The number of halogens is 1. The van der Waals surface area contributed by atoms with Crippen LogP contribution < -0.4 is 0 Å². The van der Waals surface area contributed by atoms with E-state index in [0.717, 1.165) is 16.7 Å². The highest BCUT2D eigenvalue weighted by atomic mass is 19.1. The van der Waals surface area contributed by atoms with Crippen molar-refractivity contribution in [1.29, 1.82) is 0 Å². The standard InChI is InChI=1S/C18H15FN2O3/c1-9-6-12(8-13(7-9)18(22)23)16-20-17(24-21-16)15-11(3)10(2)4-5-14(15)19/h4-8H,1-3H3,(H,22,23). The van der Waals surface area contributed by atoms with Gasteiger partial charge in [-0.2, -0.15) is 4.98 Å². The second kappa shape index (κ2) is 5.88. The number of carboxylic acid groups (broad SMARTS) is 1. The van der Waals surface area contributed by atoms with E-state index in [1.165, 1.54) is 12.1 Å². The fourth-order valence-electron chi connectivity index (χ4n) is 2.52. The molecule has 0 amide bonds. The second-order valence-corrected chi connectivity index (χ2v) is 5.68. The molecule has 3 rings (SSSR count). The Morgan fingerprint density at radius 3 is 2.62 bits per heavy atom. The summed E-state index contributed by atoms with van der Waals surface area (Å²) < 4.78 is 19.4. The van der Waals surface area contributed by atoms with Gasteiger partial charge in [-0.15, -0.1) is 0 Å². The Morgan fingerprint density at radius 1 is 1.17 bits per heavy atom. The topological polar surface area (TPSA) is 76.2 Å². The third-order valence-electron chi connectivity index (χ3n) is 3.91. The Balaban J connectivity index is 2.10. The number of rotatable bonds is 3. The molecule has 122 valence electrons. The molecule has 2 aromatic carbocycles. The number of hydrogen-bond donors (Lipinski definition) is 1. The minimum absolute atomic E-state index is 0.0714. The van der Waals surface area contributed by atoms with E-state index in [1.807, 2.05) is 6.92 Å². The van der Waals surface area contributed by atoms with Crippen LogP contribution in [0, 0.1) is 26.6 Å². The first-order valence-corrected chi connectivity index (χ1v) is 7.32. The van der Waals surface area contributed by atoms with E-state index in [1.54, 1.807) is 32.0 Å². The van der Waals surface area contributed by atoms with Gasteiger partial charge in [0, 0.05) is 5.56 Å². The number of benzene rings is 2. The summed E-state index contributed by atoms with van der Waals surface area (Å²) in [5.41, 5.74) is 3.30. The predicted molar refractivity (Wildman–Crippen MR) is 86.3 cm³/mol. The molecule has 0 radical (unpaired) electrons. The van der Waals surface area contributed by atoms with Gasteiger partial charge in [0.05, 0.1) is 11.1 Å². The molecule has 24 heavy (non-hydrogen) atoms. The smallest absolute Gasteiger partial charge is 0.335 e. The zero-order valence-electron chi connectivity index (χ0n) is 13.4. The summed E-state index contributed by atoms with van der Waals surface area (Å²) in [4.78, 5) is 15.4. The van der Waals surface area contributed by atoms with Gasteiger partial charge in [-0.3, -0.25) is 0 Å². The third kappa shape index (κ3) is 2.78. The molecule has 0 saturated carbocycles. The molecule has 0 fully saturated rings. The Labute approximate surface area is 137 Å². The average Bonchev–Trinajstić information content (AvgIpc) is 3.00. The number of aromatic carboxylic acids is 1. The van der Waals surface area contributed by atoms with Crippen LogP contribution in [0.25, 0.3) is 22.8 Å². The van der Waals surface area contributed by atoms with Gasteiger partial charge in [0.2, 0.25) is 5.82 Å². The zero-order chi connectivity index (χ0) is 17.4. The highest BCUT2D eigenvalue weighted by Gasteiger charge is 2.18. The first-order valence-electron chi connectivity index (χ1n) is 7.32. The van der Waals surface area contributed by atoms with Gasteiger partial charge in [-0.05, 0) is 61.7 Å². The lowest BCUT2D eigenvalue weighted by molar-refractivity contribution is 0.0697. The van der Waals surface area contributed by atoms with E-state index in [0.29, 0.717) is 5.56 Å². The van der Waals surface area contributed by atoms with Gasteiger partial charge in [0.1, 0.15) is 5.82 Å². The molecule has 5 nitrogen and oxygen atoms in total. The Morgan fingerprint density at radius 2 is 1.92 bits per heavy atom. The van der Waals surface area contributed by atoms with Crippen LogP contribution in [0.2, 0.25) is 0 Å². The van der Waals surface area contributed by atoms with Crippen LogP contribution in [0.3, 0.4) is 0 Å². The van der Waals surface area contributed by atoms with Gasteiger partial charge in [-0.1, -0.05) is 11.2 Å². The van der Waals surface area contributed by atoms with E-state index < -0.39 is 11.8 Å². The third-order valence-corrected chi connectivity index (χ3v) is 3.91. The van der Waals surface area contributed by atoms with E-state index in [2.05, 4.69) is 10.1 Å². The molecule has 3 aromatic rings. The molecule has 0 aliphatic rings. The summed E-state index contributed by atoms with van der Waals surface area (Å²) in [6.07, 6.45) is 0. The summed E-state index contributed by atoms with van der Waals surface area (Å²) in [5, 5.41) is 13.0. The van der Waals surface area contributed by atoms with Gasteiger partial charge in [0.25, 0.3) is 5.89 Å². The summed E-state index contributed by atoms with van der Waals surface area (Å²) in [6, 6.07) is 7.81. The molecule has 6 heteroatoms. The Hall–Kier alpha value is -3.02. The summed E-state index contributed by atoms with van der Waals surface area (Å²) in [5.74, 6) is -1.19. The van der Waals surface area contributed by atoms with Crippen LogP contribution in [-0.4, -0.2) is 21.2 Å². The highest BCUT2D eigenvalue weighted by molar-refractivity contribution is 5.89. The lowest BCUT2D eigenvalue weighted by Crippen LogP contribution is -1.97. The number of nitrogens with zero attached hydrogens (tertiary/aromatic N) is 2. The maximum absolute atomic E-state index is 14.2. The normalized spacial score (nSPS) is 10.8. The molecule has 1 N–H and O–H groups in total. The van der Waals surface area contributed by atoms with Crippen LogP contribution in [-0.2, 0) is 0 Å². The molecule has 0 bridgehead atoms. The molecule has 1 aromatic heterocycles. The molecule has 0 saturated heterocycles. The number of carboxylic acids is 1. The van der Waals surface area contributed by atoms with E-state index in [4.69, 9.17) is 9.63 Å². The van der Waals surface area contributed by atoms with Crippen molar-refractivity contribution >= 4 is 5.97 Å². The van der Waals surface area contributed by atoms with Crippen molar-refractivity contribution in [3.05, 3.63) is 58.4 Å². The van der Waals surface area contributed by atoms with E-state index in [9.17, 15) is 9.18 Å². The van der Waals surface area contributed by atoms with Crippen molar-refractivity contribution in [3.8, 4) is 22.8 Å². The number of carbonyl (C=O) groups is 1. The minimum atomic E-state index is -1.04. The summed E-state index contributed by atoms with van der Waals surface area (Å²) >= 11 is 0. The number of aromatic nitrogens is 2. The quantitative estimate of drug-likeness (QED) is 0.782. The number of hydrogen-bond acceptors (Lipinski definition) is 4. The van der Waals surface area contributed by atoms with Crippen molar-refractivity contribution in [2.24, 2.45) is 0 Å². The fraction of sp³-hybridized carbons (Fsp3) is 0.167. The van der Waals surface area contributed by atoms with Crippen LogP contribution in [0.1, 0.15) is 27.0 Å². The van der Waals surface area contributed by atoms with Crippen molar-refractivity contribution in [1.82, 2.24) is 10.1 Å². The zero-order valence-corrected chi connectivity index (χ0v) is 13.4. The van der Waals surface area contributed by atoms with Gasteiger partial charge < -0.3 is 9.63 Å². The average molecular weight is 326 g/mol. The molecule has 0 aliphatic heterocycles. The lowest BCUT2D eigenvalue weighted by atomic mass is 10.0. The van der Waals surface area contributed by atoms with Gasteiger partial charge in [0.15, 0.2) is 0 Å². The molecule has 0 aliphatic carbocycles. The first kappa shape index (κ1) is 15.9. The molecule has 1 heterocycles. The van der Waals surface area contributed by atoms with Crippen molar-refractivity contribution in [3.63, 3.8) is 0 Å². The maximum atomic E-state index is 14.2. The molecule has 0 atom stereocenters. The minimum Gasteiger partial charge on any atom is -0.478 e. The molecule has 0 spiro atoms. The largest absolute Gasteiger partial charge is 0.478 e. The van der Waals surface area contributed by atoms with E-state index in [-0.39, 0.29) is 22.8 Å². The lowest BCUT2D eigenvalue weighted by Gasteiger charge is -2.05. The van der Waals surface area contributed by atoms with Gasteiger partial charge in [-0.25, -0.2) is 9.18 Å². The SMILES string of the molecule is Cc1cc(C(=O)O)cc(-c2noc(-c3c(F)ccc(C)c3C)n2)c1. The van der Waals surface area contributed by atoms with Crippen LogP contribution >= 0.6 is 0 Å². The Bertz CT molecular complexity index is 947.